The number of nitrogens with zero attached hydrogens (tertiary/aromatic N) is 1. The normalized spacial score (nSPS) is 11.0. The monoisotopic (exact) mass is 398 g/mol. The molecule has 0 saturated carbocycles. The Balaban J connectivity index is 1.74. The number of para-hydroxylation sites is 1. The molecule has 28 heavy (non-hydrogen) atoms. The van der Waals surface area contributed by atoms with Crippen molar-refractivity contribution in [1.29, 1.82) is 0 Å². The van der Waals surface area contributed by atoms with Gasteiger partial charge in [-0.15, -0.1) is 0 Å². The molecule has 4 nitrogen and oxygen atoms in total. The molecule has 3 aromatic carbocycles. The van der Waals surface area contributed by atoms with Crippen LogP contribution in [0.5, 0.6) is 5.75 Å². The maximum absolute atomic E-state index is 13.9. The number of H-pyrrole nitrogens is 1. The number of aromatic amines is 1. The summed E-state index contributed by atoms with van der Waals surface area (Å²) in [5.74, 6) is -0.730. The van der Waals surface area contributed by atoms with E-state index >= 15 is 0 Å². The van der Waals surface area contributed by atoms with Gasteiger partial charge in [0.15, 0.2) is 0 Å². The molecule has 0 radical (unpaired) electrons. The van der Waals surface area contributed by atoms with Crippen LogP contribution in [-0.4, -0.2) is 9.97 Å². The molecule has 0 bridgehead atoms. The third-order valence-electron chi connectivity index (χ3n) is 4.21. The van der Waals surface area contributed by atoms with E-state index in [0.29, 0.717) is 27.2 Å². The first-order valence-corrected chi connectivity index (χ1v) is 8.75. The van der Waals surface area contributed by atoms with Gasteiger partial charge in [0, 0.05) is 16.7 Å². The Morgan fingerprint density at radius 2 is 1.86 bits per heavy atom. The average molecular weight is 399 g/mol. The van der Waals surface area contributed by atoms with Crippen LogP contribution in [0.25, 0.3) is 22.3 Å². The third-order valence-corrected chi connectivity index (χ3v) is 4.44. The van der Waals surface area contributed by atoms with E-state index in [1.54, 1.807) is 42.5 Å². The maximum atomic E-state index is 13.9. The van der Waals surface area contributed by atoms with Crippen LogP contribution in [0.3, 0.4) is 0 Å². The fourth-order valence-corrected chi connectivity index (χ4v) is 2.99. The highest BCUT2D eigenvalue weighted by atomic mass is 35.5. The molecule has 1 heterocycles. The molecule has 7 heteroatoms. The summed E-state index contributed by atoms with van der Waals surface area (Å²) >= 11 is 6.11. The van der Waals surface area contributed by atoms with Gasteiger partial charge < -0.3 is 9.72 Å². The molecule has 1 aromatic heterocycles. The molecule has 0 aliphatic rings. The minimum absolute atomic E-state index is 0.126. The van der Waals surface area contributed by atoms with Crippen LogP contribution in [0.15, 0.2) is 65.5 Å². The van der Waals surface area contributed by atoms with E-state index in [1.165, 1.54) is 6.07 Å². The highest BCUT2D eigenvalue weighted by Crippen LogP contribution is 2.31. The van der Waals surface area contributed by atoms with E-state index in [4.69, 9.17) is 16.3 Å². The van der Waals surface area contributed by atoms with Gasteiger partial charge >= 0.3 is 0 Å². The highest BCUT2D eigenvalue weighted by Gasteiger charge is 2.13. The quantitative estimate of drug-likeness (QED) is 0.520. The fraction of sp³-hybridized carbons (Fsp3) is 0.0476. The van der Waals surface area contributed by atoms with E-state index in [2.05, 4.69) is 9.97 Å². The van der Waals surface area contributed by atoms with Crippen molar-refractivity contribution in [2.24, 2.45) is 0 Å². The molecule has 0 aliphatic heterocycles. The first-order valence-electron chi connectivity index (χ1n) is 8.37. The Morgan fingerprint density at radius 3 is 2.68 bits per heavy atom. The Hall–Kier alpha value is -3.25. The van der Waals surface area contributed by atoms with Gasteiger partial charge in [0.2, 0.25) is 0 Å². The number of benzene rings is 3. The number of halogens is 3. The van der Waals surface area contributed by atoms with E-state index in [9.17, 15) is 13.6 Å². The van der Waals surface area contributed by atoms with E-state index < -0.39 is 11.6 Å². The van der Waals surface area contributed by atoms with Crippen molar-refractivity contribution in [3.8, 4) is 17.1 Å². The molecule has 1 N–H and O–H groups in total. The lowest BCUT2D eigenvalue weighted by molar-refractivity contribution is 0.300. The molecule has 0 unspecified atom stereocenters. The zero-order valence-corrected chi connectivity index (χ0v) is 15.1. The largest absolute Gasteiger partial charge is 0.488 e. The molecule has 0 aliphatic carbocycles. The summed E-state index contributed by atoms with van der Waals surface area (Å²) < 4.78 is 32.7. The molecular formula is C21H13ClF2N2O2. The number of hydrogen-bond donors (Lipinski definition) is 1. The van der Waals surface area contributed by atoms with Crippen LogP contribution in [-0.2, 0) is 6.61 Å². The summed E-state index contributed by atoms with van der Waals surface area (Å²) in [6.07, 6.45) is 0. The van der Waals surface area contributed by atoms with Crippen molar-refractivity contribution in [3.63, 3.8) is 0 Å². The van der Waals surface area contributed by atoms with Gasteiger partial charge in [0.05, 0.1) is 16.5 Å². The van der Waals surface area contributed by atoms with Crippen molar-refractivity contribution in [1.82, 2.24) is 9.97 Å². The number of fused-ring (bicyclic) bond motifs is 1. The lowest BCUT2D eigenvalue weighted by atomic mass is 10.1. The van der Waals surface area contributed by atoms with Gasteiger partial charge in [-0.2, -0.15) is 0 Å². The van der Waals surface area contributed by atoms with Gasteiger partial charge in [-0.3, -0.25) is 4.79 Å². The van der Waals surface area contributed by atoms with Crippen molar-refractivity contribution in [3.05, 3.63) is 93.2 Å². The summed E-state index contributed by atoms with van der Waals surface area (Å²) in [5.41, 5.74) is 0.882. The maximum Gasteiger partial charge on any atom is 0.259 e. The molecule has 0 saturated heterocycles. The second-order valence-electron chi connectivity index (χ2n) is 6.10. The van der Waals surface area contributed by atoms with Gasteiger partial charge in [0.1, 0.15) is 29.8 Å². The van der Waals surface area contributed by atoms with Crippen molar-refractivity contribution < 1.29 is 13.5 Å². The Labute approximate surface area is 163 Å². The van der Waals surface area contributed by atoms with Crippen LogP contribution in [0.1, 0.15) is 5.56 Å². The molecule has 0 spiro atoms. The van der Waals surface area contributed by atoms with Gasteiger partial charge in [0.25, 0.3) is 5.56 Å². The Morgan fingerprint density at radius 1 is 1.04 bits per heavy atom. The van der Waals surface area contributed by atoms with Crippen LogP contribution in [0.2, 0.25) is 5.02 Å². The number of rotatable bonds is 4. The molecule has 4 rings (SSSR count). The standard InChI is InChI=1S/C21H13ClF2N2O2/c22-13-6-8-19(28-11-12-5-7-14(23)10-17(12)24)16(9-13)20-25-18-4-2-1-3-15(18)21(27)26-20/h1-10H,11H2,(H,25,26,27). The zero-order valence-electron chi connectivity index (χ0n) is 14.4. The molecule has 0 fully saturated rings. The smallest absolute Gasteiger partial charge is 0.259 e. The van der Waals surface area contributed by atoms with E-state index in [0.717, 1.165) is 12.1 Å². The average Bonchev–Trinajstić information content (AvgIpc) is 2.68. The molecule has 4 aromatic rings. The predicted molar refractivity (Wildman–Crippen MR) is 103 cm³/mol. The lowest BCUT2D eigenvalue weighted by Gasteiger charge is -2.12. The number of nitrogens with one attached hydrogen (secondary N) is 1. The van der Waals surface area contributed by atoms with Crippen molar-refractivity contribution in [2.45, 2.75) is 6.61 Å². The Bertz CT molecular complexity index is 1240. The first kappa shape index (κ1) is 18.1. The topological polar surface area (TPSA) is 55.0 Å². The third kappa shape index (κ3) is 3.59. The van der Waals surface area contributed by atoms with Crippen LogP contribution >= 0.6 is 11.6 Å². The van der Waals surface area contributed by atoms with Crippen LogP contribution in [0.4, 0.5) is 8.78 Å². The van der Waals surface area contributed by atoms with E-state index in [-0.39, 0.29) is 23.6 Å². The SMILES string of the molecule is O=c1[nH]c(-c2cc(Cl)ccc2OCc2ccc(F)cc2F)nc2ccccc12. The zero-order chi connectivity index (χ0) is 19.7. The fourth-order valence-electron chi connectivity index (χ4n) is 2.82. The number of ether oxygens (including phenoxy) is 1. The summed E-state index contributed by atoms with van der Waals surface area (Å²) in [5, 5.41) is 0.884. The summed E-state index contributed by atoms with van der Waals surface area (Å²) in [6.45, 7) is -0.126. The first-order chi connectivity index (χ1) is 13.5. The second kappa shape index (κ2) is 7.40. The number of hydrogen-bond acceptors (Lipinski definition) is 3. The van der Waals surface area contributed by atoms with Crippen LogP contribution < -0.4 is 10.3 Å². The van der Waals surface area contributed by atoms with Crippen molar-refractivity contribution in [2.75, 3.05) is 0 Å². The Kier molecular flexibility index (Phi) is 4.79. The summed E-state index contributed by atoms with van der Waals surface area (Å²) in [4.78, 5) is 19.6. The predicted octanol–water partition coefficient (Wildman–Crippen LogP) is 5.10. The molecular weight excluding hydrogens is 386 g/mol. The van der Waals surface area contributed by atoms with Crippen molar-refractivity contribution >= 4 is 22.5 Å². The summed E-state index contributed by atoms with van der Waals surface area (Å²) in [7, 11) is 0. The lowest BCUT2D eigenvalue weighted by Crippen LogP contribution is -2.10. The second-order valence-corrected chi connectivity index (χ2v) is 6.53. The van der Waals surface area contributed by atoms with Gasteiger partial charge in [-0.25, -0.2) is 13.8 Å². The minimum atomic E-state index is -0.701. The molecule has 0 amide bonds. The van der Waals surface area contributed by atoms with Crippen LogP contribution in [0, 0.1) is 11.6 Å². The van der Waals surface area contributed by atoms with Gasteiger partial charge in [-0.1, -0.05) is 23.7 Å². The molecule has 0 atom stereocenters. The summed E-state index contributed by atoms with van der Waals surface area (Å²) in [6, 6.07) is 15.0. The number of aromatic nitrogens is 2. The van der Waals surface area contributed by atoms with E-state index in [1.807, 2.05) is 0 Å². The minimum Gasteiger partial charge on any atom is -0.488 e. The van der Waals surface area contributed by atoms with Gasteiger partial charge in [-0.05, 0) is 42.5 Å². The molecule has 140 valence electrons. The highest BCUT2D eigenvalue weighted by molar-refractivity contribution is 6.30.